The lowest BCUT2D eigenvalue weighted by atomic mass is 9.91. The number of nitrogens with two attached hydrogens (primary N) is 1. The van der Waals surface area contributed by atoms with Gasteiger partial charge in [-0.2, -0.15) is 0 Å². The molecular formula is C13H19NO. The van der Waals surface area contributed by atoms with Gasteiger partial charge in [-0.1, -0.05) is 29.8 Å². The van der Waals surface area contributed by atoms with Crippen molar-refractivity contribution < 1.29 is 4.74 Å². The van der Waals surface area contributed by atoms with Crippen LogP contribution in [0.3, 0.4) is 0 Å². The summed E-state index contributed by atoms with van der Waals surface area (Å²) in [6.45, 7) is 5.02. The molecule has 2 nitrogen and oxygen atoms in total. The summed E-state index contributed by atoms with van der Waals surface area (Å²) in [5, 5.41) is 0. The predicted octanol–water partition coefficient (Wildman–Crippen LogP) is 2.42. The Balaban J connectivity index is 2.10. The number of hydrogen-bond acceptors (Lipinski definition) is 2. The summed E-state index contributed by atoms with van der Waals surface area (Å²) in [5.74, 6) is 0.474. The second-order valence-corrected chi connectivity index (χ2v) is 4.58. The van der Waals surface area contributed by atoms with Gasteiger partial charge in [-0.15, -0.1) is 0 Å². The second kappa shape index (κ2) is 4.33. The highest BCUT2D eigenvalue weighted by Gasteiger charge is 2.28. The third kappa shape index (κ3) is 2.39. The first-order valence-corrected chi connectivity index (χ1v) is 5.60. The molecular weight excluding hydrogens is 186 g/mol. The summed E-state index contributed by atoms with van der Waals surface area (Å²) < 4.78 is 5.56. The Bertz CT molecular complexity index is 337. The maximum Gasteiger partial charge on any atom is 0.0551 e. The third-order valence-corrected chi connectivity index (χ3v) is 3.16. The van der Waals surface area contributed by atoms with Gasteiger partial charge in [0.05, 0.1) is 12.7 Å². The molecule has 2 N–H and O–H groups in total. The first-order valence-electron chi connectivity index (χ1n) is 5.60. The number of benzene rings is 1. The first-order chi connectivity index (χ1) is 7.16. The molecule has 1 aliphatic rings. The Kier molecular flexibility index (Phi) is 3.08. The largest absolute Gasteiger partial charge is 0.378 e. The molecule has 1 saturated heterocycles. The van der Waals surface area contributed by atoms with Crippen LogP contribution in [0.25, 0.3) is 0 Å². The molecule has 82 valence electrons. The smallest absolute Gasteiger partial charge is 0.0551 e. The van der Waals surface area contributed by atoms with Crippen LogP contribution in [0.1, 0.15) is 30.5 Å². The summed E-state index contributed by atoms with van der Waals surface area (Å²) in [5.41, 5.74) is 8.76. The Hall–Kier alpha value is -0.860. The monoisotopic (exact) mass is 205 g/mol. The standard InChI is InChI=1S/C13H19NO/c1-9-4-3-5-11(6-9)13(14)12-7-10(2)15-8-12/h3-6,10,12-13H,7-8,14H2,1-2H3. The summed E-state index contributed by atoms with van der Waals surface area (Å²) >= 11 is 0. The van der Waals surface area contributed by atoms with E-state index in [0.717, 1.165) is 13.0 Å². The van der Waals surface area contributed by atoms with E-state index < -0.39 is 0 Å². The molecule has 0 aliphatic carbocycles. The van der Waals surface area contributed by atoms with Crippen molar-refractivity contribution in [1.29, 1.82) is 0 Å². The van der Waals surface area contributed by atoms with Crippen LogP contribution in [-0.4, -0.2) is 12.7 Å². The molecule has 3 unspecified atom stereocenters. The third-order valence-electron chi connectivity index (χ3n) is 3.16. The SMILES string of the molecule is Cc1cccc(C(N)C2COC(C)C2)c1. The van der Waals surface area contributed by atoms with Crippen LogP contribution in [0, 0.1) is 12.8 Å². The van der Waals surface area contributed by atoms with E-state index in [4.69, 9.17) is 10.5 Å². The van der Waals surface area contributed by atoms with E-state index in [1.165, 1.54) is 11.1 Å². The van der Waals surface area contributed by atoms with Gasteiger partial charge in [0.2, 0.25) is 0 Å². The fourth-order valence-electron chi connectivity index (χ4n) is 2.25. The molecule has 0 saturated carbocycles. The van der Waals surface area contributed by atoms with Gasteiger partial charge in [-0.25, -0.2) is 0 Å². The zero-order valence-electron chi connectivity index (χ0n) is 9.44. The van der Waals surface area contributed by atoms with Gasteiger partial charge >= 0.3 is 0 Å². The van der Waals surface area contributed by atoms with Gasteiger partial charge in [0.15, 0.2) is 0 Å². The van der Waals surface area contributed by atoms with Crippen LogP contribution < -0.4 is 5.73 Å². The molecule has 15 heavy (non-hydrogen) atoms. The molecule has 0 amide bonds. The average Bonchev–Trinajstić information content (AvgIpc) is 2.64. The van der Waals surface area contributed by atoms with Crippen LogP contribution in [-0.2, 0) is 4.74 Å². The molecule has 1 aromatic rings. The van der Waals surface area contributed by atoms with E-state index in [1.807, 2.05) is 0 Å². The van der Waals surface area contributed by atoms with E-state index in [0.29, 0.717) is 12.0 Å². The maximum absolute atomic E-state index is 6.25. The summed E-state index contributed by atoms with van der Waals surface area (Å²) in [6, 6.07) is 8.58. The fraction of sp³-hybridized carbons (Fsp3) is 0.538. The van der Waals surface area contributed by atoms with E-state index in [2.05, 4.69) is 38.1 Å². The van der Waals surface area contributed by atoms with Gasteiger partial charge in [0.1, 0.15) is 0 Å². The van der Waals surface area contributed by atoms with E-state index >= 15 is 0 Å². The van der Waals surface area contributed by atoms with Crippen molar-refractivity contribution >= 4 is 0 Å². The summed E-state index contributed by atoms with van der Waals surface area (Å²) in [4.78, 5) is 0. The van der Waals surface area contributed by atoms with Gasteiger partial charge in [0.25, 0.3) is 0 Å². The van der Waals surface area contributed by atoms with Crippen LogP contribution in [0.4, 0.5) is 0 Å². The maximum atomic E-state index is 6.25. The van der Waals surface area contributed by atoms with Crippen molar-refractivity contribution in [2.45, 2.75) is 32.4 Å². The molecule has 1 fully saturated rings. The summed E-state index contributed by atoms with van der Waals surface area (Å²) in [6.07, 6.45) is 1.45. The molecule has 3 atom stereocenters. The molecule has 2 rings (SSSR count). The zero-order chi connectivity index (χ0) is 10.8. The van der Waals surface area contributed by atoms with Crippen molar-refractivity contribution in [3.8, 4) is 0 Å². The van der Waals surface area contributed by atoms with Crippen LogP contribution in [0.2, 0.25) is 0 Å². The lowest BCUT2D eigenvalue weighted by Crippen LogP contribution is -2.21. The van der Waals surface area contributed by atoms with Gasteiger partial charge in [-0.3, -0.25) is 0 Å². The van der Waals surface area contributed by atoms with Crippen LogP contribution >= 0.6 is 0 Å². The minimum Gasteiger partial charge on any atom is -0.378 e. The Morgan fingerprint density at radius 2 is 2.27 bits per heavy atom. The van der Waals surface area contributed by atoms with Crippen molar-refractivity contribution in [3.05, 3.63) is 35.4 Å². The van der Waals surface area contributed by atoms with Gasteiger partial charge < -0.3 is 10.5 Å². The lowest BCUT2D eigenvalue weighted by Gasteiger charge is -2.18. The normalized spacial score (nSPS) is 27.9. The second-order valence-electron chi connectivity index (χ2n) is 4.58. The van der Waals surface area contributed by atoms with Crippen LogP contribution in [0.5, 0.6) is 0 Å². The van der Waals surface area contributed by atoms with Crippen LogP contribution in [0.15, 0.2) is 24.3 Å². The number of hydrogen-bond donors (Lipinski definition) is 1. The van der Waals surface area contributed by atoms with Crippen molar-refractivity contribution in [3.63, 3.8) is 0 Å². The number of aryl methyl sites for hydroxylation is 1. The highest BCUT2D eigenvalue weighted by molar-refractivity contribution is 5.25. The van der Waals surface area contributed by atoms with Gasteiger partial charge in [0, 0.05) is 12.0 Å². The Labute approximate surface area is 91.4 Å². The zero-order valence-corrected chi connectivity index (χ0v) is 9.44. The molecule has 1 heterocycles. The summed E-state index contributed by atoms with van der Waals surface area (Å²) in [7, 11) is 0. The number of rotatable bonds is 2. The molecule has 2 heteroatoms. The fourth-order valence-corrected chi connectivity index (χ4v) is 2.25. The molecule has 0 spiro atoms. The minimum absolute atomic E-state index is 0.120. The highest BCUT2D eigenvalue weighted by Crippen LogP contribution is 2.30. The quantitative estimate of drug-likeness (QED) is 0.804. The molecule has 0 bridgehead atoms. The van der Waals surface area contributed by atoms with Gasteiger partial charge in [-0.05, 0) is 25.8 Å². The van der Waals surface area contributed by atoms with E-state index in [-0.39, 0.29) is 6.04 Å². The Morgan fingerprint density at radius 1 is 1.47 bits per heavy atom. The first kappa shape index (κ1) is 10.7. The highest BCUT2D eigenvalue weighted by atomic mass is 16.5. The lowest BCUT2D eigenvalue weighted by molar-refractivity contribution is 0.118. The van der Waals surface area contributed by atoms with E-state index in [9.17, 15) is 0 Å². The minimum atomic E-state index is 0.120. The predicted molar refractivity (Wildman–Crippen MR) is 61.6 cm³/mol. The molecule has 0 radical (unpaired) electrons. The molecule has 0 aromatic heterocycles. The molecule has 1 aromatic carbocycles. The van der Waals surface area contributed by atoms with E-state index in [1.54, 1.807) is 0 Å². The number of ether oxygens (including phenoxy) is 1. The topological polar surface area (TPSA) is 35.2 Å². The molecule has 1 aliphatic heterocycles. The van der Waals surface area contributed by atoms with Crippen molar-refractivity contribution in [1.82, 2.24) is 0 Å². The average molecular weight is 205 g/mol. The van der Waals surface area contributed by atoms with Crippen molar-refractivity contribution in [2.24, 2.45) is 11.7 Å². The van der Waals surface area contributed by atoms with Crippen molar-refractivity contribution in [2.75, 3.05) is 6.61 Å². The Morgan fingerprint density at radius 3 is 2.87 bits per heavy atom.